The highest BCUT2D eigenvalue weighted by Gasteiger charge is 2.38. The number of methoxy groups -OCH3 is 1. The van der Waals surface area contributed by atoms with Gasteiger partial charge in [0.05, 0.1) is 30.1 Å². The maximum absolute atomic E-state index is 13.6. The Kier molecular flexibility index (Phi) is 6.02. The van der Waals surface area contributed by atoms with Gasteiger partial charge in [0.25, 0.3) is 0 Å². The fourth-order valence-electron chi connectivity index (χ4n) is 5.27. The molecule has 178 valence electrons. The molecule has 0 aromatic heterocycles. The molecule has 1 unspecified atom stereocenters. The summed E-state index contributed by atoms with van der Waals surface area (Å²) in [6.45, 7) is 6.84. The minimum absolute atomic E-state index is 0.0132. The minimum atomic E-state index is -0.205. The van der Waals surface area contributed by atoms with Gasteiger partial charge in [-0.2, -0.15) is 0 Å². The van der Waals surface area contributed by atoms with E-state index in [0.29, 0.717) is 13.1 Å². The third-order valence-electron chi connectivity index (χ3n) is 7.39. The molecule has 0 spiro atoms. The zero-order chi connectivity index (χ0) is 23.8. The van der Waals surface area contributed by atoms with E-state index in [-0.39, 0.29) is 24.3 Å². The molecule has 7 heteroatoms. The first-order valence-electron chi connectivity index (χ1n) is 12.1. The van der Waals surface area contributed by atoms with Gasteiger partial charge < -0.3 is 19.4 Å². The molecule has 2 fully saturated rings. The van der Waals surface area contributed by atoms with Crippen LogP contribution in [0.1, 0.15) is 30.4 Å². The maximum Gasteiger partial charge on any atom is 0.242 e. The molecular formula is C27H32N4O3. The number of hydrogen-bond acceptors (Lipinski definition) is 5. The van der Waals surface area contributed by atoms with E-state index < -0.39 is 0 Å². The number of hydrogen-bond donors (Lipinski definition) is 0. The topological polar surface area (TPSA) is 65.5 Å². The molecule has 1 saturated carbocycles. The first-order valence-corrected chi connectivity index (χ1v) is 12.1. The number of carbonyl (C=O) groups excluding carboxylic acids is 2. The standard InChI is InChI=1S/C27H32N4O3/c1-18-15-22-24(16-19(18)2)31(27(33)20-7-6-8-21(20)28-22)17-26(32)30-13-11-29(12-14-30)23-9-4-5-10-25(23)34-3/h4-5,9-10,15-16,20H,6-8,11-14,17H2,1-3H3. The molecule has 2 aromatic rings. The van der Waals surface area contributed by atoms with Gasteiger partial charge in [-0.15, -0.1) is 0 Å². The molecule has 5 rings (SSSR count). The van der Waals surface area contributed by atoms with E-state index >= 15 is 0 Å². The fourth-order valence-corrected chi connectivity index (χ4v) is 5.27. The Morgan fingerprint density at radius 3 is 2.56 bits per heavy atom. The van der Waals surface area contributed by atoms with Crippen LogP contribution in [0.3, 0.4) is 0 Å². The maximum atomic E-state index is 13.6. The lowest BCUT2D eigenvalue weighted by Gasteiger charge is -2.37. The van der Waals surface area contributed by atoms with E-state index in [4.69, 9.17) is 9.73 Å². The van der Waals surface area contributed by atoms with Gasteiger partial charge >= 0.3 is 0 Å². The second kappa shape index (κ2) is 9.12. The Labute approximate surface area is 201 Å². The summed E-state index contributed by atoms with van der Waals surface area (Å²) in [5, 5.41) is 0. The summed E-state index contributed by atoms with van der Waals surface area (Å²) >= 11 is 0. The molecule has 2 aromatic carbocycles. The third kappa shape index (κ3) is 4.04. The monoisotopic (exact) mass is 460 g/mol. The lowest BCUT2D eigenvalue weighted by molar-refractivity contribution is -0.132. The van der Waals surface area contributed by atoms with Crippen LogP contribution in [-0.2, 0) is 9.59 Å². The summed E-state index contributed by atoms with van der Waals surface area (Å²) in [6.07, 6.45) is 2.64. The SMILES string of the molecule is COc1ccccc1N1CCN(C(=O)CN2C(=O)C3CCCC3=Nc3cc(C)c(C)cc32)CC1. The van der Waals surface area contributed by atoms with Crippen molar-refractivity contribution in [1.82, 2.24) is 4.90 Å². The summed E-state index contributed by atoms with van der Waals surface area (Å²) < 4.78 is 5.51. The number of carbonyl (C=O) groups is 2. The van der Waals surface area contributed by atoms with Crippen molar-refractivity contribution in [2.45, 2.75) is 33.1 Å². The number of nitrogens with zero attached hydrogens (tertiary/aromatic N) is 4. The summed E-state index contributed by atoms with van der Waals surface area (Å²) in [7, 11) is 1.68. The van der Waals surface area contributed by atoms with Crippen molar-refractivity contribution < 1.29 is 14.3 Å². The number of aliphatic imine (C=N–C) groups is 1. The van der Waals surface area contributed by atoms with Crippen LogP contribution in [0, 0.1) is 19.8 Å². The van der Waals surface area contributed by atoms with Crippen molar-refractivity contribution in [3.05, 3.63) is 47.5 Å². The van der Waals surface area contributed by atoms with E-state index in [1.54, 1.807) is 12.0 Å². The average molecular weight is 461 g/mol. The Morgan fingerprint density at radius 1 is 1.06 bits per heavy atom. The van der Waals surface area contributed by atoms with Gasteiger partial charge in [0.2, 0.25) is 11.8 Å². The lowest BCUT2D eigenvalue weighted by atomic mass is 10.0. The first kappa shape index (κ1) is 22.4. The largest absolute Gasteiger partial charge is 0.495 e. The zero-order valence-corrected chi connectivity index (χ0v) is 20.2. The van der Waals surface area contributed by atoms with Crippen LogP contribution in [-0.4, -0.2) is 62.3 Å². The third-order valence-corrected chi connectivity index (χ3v) is 7.39. The number of amides is 2. The van der Waals surface area contributed by atoms with Gasteiger partial charge in [-0.3, -0.25) is 14.6 Å². The number of anilines is 2. The van der Waals surface area contributed by atoms with Gasteiger partial charge in [-0.05, 0) is 68.5 Å². The lowest BCUT2D eigenvalue weighted by Crippen LogP contribution is -2.52. The smallest absolute Gasteiger partial charge is 0.242 e. The predicted octanol–water partition coefficient (Wildman–Crippen LogP) is 3.88. The second-order valence-electron chi connectivity index (χ2n) is 9.44. The van der Waals surface area contributed by atoms with Gasteiger partial charge in [0.15, 0.2) is 0 Å². The number of fused-ring (bicyclic) bond motifs is 2. The molecular weight excluding hydrogens is 428 g/mol. The first-order chi connectivity index (χ1) is 16.5. The average Bonchev–Trinajstić information content (AvgIpc) is 3.29. The summed E-state index contributed by atoms with van der Waals surface area (Å²) in [5.74, 6) is 0.633. The van der Waals surface area contributed by atoms with Crippen LogP contribution in [0.15, 0.2) is 41.4 Å². The molecule has 2 aliphatic heterocycles. The van der Waals surface area contributed by atoms with E-state index in [2.05, 4.69) is 17.9 Å². The highest BCUT2D eigenvalue weighted by atomic mass is 16.5. The molecule has 7 nitrogen and oxygen atoms in total. The number of para-hydroxylation sites is 2. The normalized spacial score (nSPS) is 20.0. The van der Waals surface area contributed by atoms with Gasteiger partial charge in [-0.1, -0.05) is 12.1 Å². The zero-order valence-electron chi connectivity index (χ0n) is 20.2. The van der Waals surface area contributed by atoms with Crippen molar-refractivity contribution in [2.24, 2.45) is 10.9 Å². The number of rotatable bonds is 4. The van der Waals surface area contributed by atoms with Crippen molar-refractivity contribution in [3.8, 4) is 5.75 Å². The van der Waals surface area contributed by atoms with Crippen molar-refractivity contribution in [1.29, 1.82) is 0 Å². The Balaban J connectivity index is 1.34. The summed E-state index contributed by atoms with van der Waals surface area (Å²) in [4.78, 5) is 37.7. The summed E-state index contributed by atoms with van der Waals surface area (Å²) in [6, 6.07) is 12.0. The van der Waals surface area contributed by atoms with E-state index in [9.17, 15) is 9.59 Å². The van der Waals surface area contributed by atoms with E-state index in [1.165, 1.54) is 0 Å². The number of benzene rings is 2. The molecule has 0 radical (unpaired) electrons. The molecule has 1 saturated heterocycles. The highest BCUT2D eigenvalue weighted by Crippen LogP contribution is 2.39. The van der Waals surface area contributed by atoms with Crippen molar-refractivity contribution in [3.63, 3.8) is 0 Å². The molecule has 3 aliphatic rings. The minimum Gasteiger partial charge on any atom is -0.495 e. The van der Waals surface area contributed by atoms with Crippen LogP contribution in [0.25, 0.3) is 0 Å². The van der Waals surface area contributed by atoms with Gasteiger partial charge in [0, 0.05) is 31.9 Å². The molecule has 1 aliphatic carbocycles. The van der Waals surface area contributed by atoms with E-state index in [1.807, 2.05) is 42.2 Å². The van der Waals surface area contributed by atoms with Crippen LogP contribution in [0.5, 0.6) is 5.75 Å². The Bertz CT molecular complexity index is 1150. The van der Waals surface area contributed by atoms with E-state index in [0.717, 1.165) is 72.0 Å². The summed E-state index contributed by atoms with van der Waals surface area (Å²) in [5.41, 5.74) is 5.83. The van der Waals surface area contributed by atoms with Crippen molar-refractivity contribution in [2.75, 3.05) is 49.6 Å². The van der Waals surface area contributed by atoms with Crippen LogP contribution in [0.2, 0.25) is 0 Å². The molecule has 34 heavy (non-hydrogen) atoms. The number of piperazine rings is 1. The van der Waals surface area contributed by atoms with Gasteiger partial charge in [-0.25, -0.2) is 0 Å². The quantitative estimate of drug-likeness (QED) is 0.695. The molecule has 1 atom stereocenters. The van der Waals surface area contributed by atoms with Crippen molar-refractivity contribution >= 4 is 34.6 Å². The van der Waals surface area contributed by atoms with Crippen LogP contribution >= 0.6 is 0 Å². The highest BCUT2D eigenvalue weighted by molar-refractivity contribution is 6.16. The molecule has 0 N–H and O–H groups in total. The Morgan fingerprint density at radius 2 is 1.79 bits per heavy atom. The number of ether oxygens (including phenoxy) is 1. The van der Waals surface area contributed by atoms with Gasteiger partial charge in [0.1, 0.15) is 12.3 Å². The second-order valence-corrected chi connectivity index (χ2v) is 9.44. The fraction of sp³-hybridized carbons (Fsp3) is 0.444. The molecule has 0 bridgehead atoms. The molecule has 2 heterocycles. The van der Waals surface area contributed by atoms with Crippen LogP contribution < -0.4 is 14.5 Å². The van der Waals surface area contributed by atoms with Crippen LogP contribution in [0.4, 0.5) is 17.1 Å². The predicted molar refractivity (Wildman–Crippen MR) is 134 cm³/mol. The Hall–Kier alpha value is -3.35. The molecule has 2 amide bonds. The number of aryl methyl sites for hydroxylation is 2.